The van der Waals surface area contributed by atoms with Crippen molar-refractivity contribution in [1.29, 1.82) is 0 Å². The van der Waals surface area contributed by atoms with Gasteiger partial charge in [-0.05, 0) is 18.0 Å². The standard InChI is InChI=1S/C7H10ClNO/c1-3-5(2)6-4-7(8)10-9-6/h4-5H,3H2,1-2H3. The molecule has 0 radical (unpaired) electrons. The molecular formula is C7H10ClNO. The first-order valence-corrected chi connectivity index (χ1v) is 3.74. The van der Waals surface area contributed by atoms with Gasteiger partial charge in [0.15, 0.2) is 0 Å². The van der Waals surface area contributed by atoms with E-state index in [1.54, 1.807) is 6.07 Å². The summed E-state index contributed by atoms with van der Waals surface area (Å²) >= 11 is 5.53. The van der Waals surface area contributed by atoms with Crippen LogP contribution >= 0.6 is 11.6 Å². The maximum Gasteiger partial charge on any atom is 0.226 e. The van der Waals surface area contributed by atoms with Gasteiger partial charge in [0.2, 0.25) is 5.22 Å². The van der Waals surface area contributed by atoms with E-state index < -0.39 is 0 Å². The highest BCUT2D eigenvalue weighted by molar-refractivity contribution is 6.28. The molecule has 1 heterocycles. The van der Waals surface area contributed by atoms with E-state index in [9.17, 15) is 0 Å². The van der Waals surface area contributed by atoms with Gasteiger partial charge in [-0.2, -0.15) is 0 Å². The van der Waals surface area contributed by atoms with E-state index >= 15 is 0 Å². The minimum atomic E-state index is 0.371. The summed E-state index contributed by atoms with van der Waals surface area (Å²) < 4.78 is 4.70. The molecule has 0 N–H and O–H groups in total. The van der Waals surface area contributed by atoms with Crippen LogP contribution in [0, 0.1) is 0 Å². The first kappa shape index (κ1) is 7.61. The Bertz CT molecular complexity index is 209. The van der Waals surface area contributed by atoms with Crippen LogP contribution in [0.15, 0.2) is 10.6 Å². The lowest BCUT2D eigenvalue weighted by molar-refractivity contribution is 0.407. The van der Waals surface area contributed by atoms with E-state index in [1.165, 1.54) is 0 Å². The van der Waals surface area contributed by atoms with Gasteiger partial charge in [0.25, 0.3) is 0 Å². The van der Waals surface area contributed by atoms with E-state index in [4.69, 9.17) is 16.1 Å². The molecule has 0 fully saturated rings. The lowest BCUT2D eigenvalue weighted by Gasteiger charge is -1.99. The van der Waals surface area contributed by atoms with Crippen LogP contribution in [0.1, 0.15) is 31.9 Å². The monoisotopic (exact) mass is 159 g/mol. The maximum atomic E-state index is 5.53. The molecule has 0 amide bonds. The first-order valence-electron chi connectivity index (χ1n) is 3.36. The number of hydrogen-bond acceptors (Lipinski definition) is 2. The van der Waals surface area contributed by atoms with E-state index in [0.717, 1.165) is 12.1 Å². The summed E-state index contributed by atoms with van der Waals surface area (Å²) in [7, 11) is 0. The summed E-state index contributed by atoms with van der Waals surface area (Å²) in [4.78, 5) is 0. The maximum absolute atomic E-state index is 5.53. The third-order valence-corrected chi connectivity index (χ3v) is 1.80. The van der Waals surface area contributed by atoms with E-state index in [0.29, 0.717) is 11.1 Å². The molecule has 56 valence electrons. The Kier molecular flexibility index (Phi) is 2.33. The van der Waals surface area contributed by atoms with Crippen LogP contribution in [0.5, 0.6) is 0 Å². The number of halogens is 1. The highest BCUT2D eigenvalue weighted by Crippen LogP contribution is 2.20. The summed E-state index contributed by atoms with van der Waals surface area (Å²) in [5.41, 5.74) is 0.938. The van der Waals surface area contributed by atoms with Crippen LogP contribution in [0.3, 0.4) is 0 Å². The molecule has 0 bridgehead atoms. The van der Waals surface area contributed by atoms with Gasteiger partial charge in [-0.3, -0.25) is 0 Å². The fourth-order valence-corrected chi connectivity index (χ4v) is 0.853. The first-order chi connectivity index (χ1) is 4.74. The Morgan fingerprint density at radius 2 is 2.50 bits per heavy atom. The molecule has 0 aliphatic heterocycles. The minimum Gasteiger partial charge on any atom is -0.344 e. The fraction of sp³-hybridized carbons (Fsp3) is 0.571. The van der Waals surface area contributed by atoms with Crippen molar-refractivity contribution in [3.05, 3.63) is 17.0 Å². The Hall–Kier alpha value is -0.500. The molecule has 10 heavy (non-hydrogen) atoms. The van der Waals surface area contributed by atoms with Gasteiger partial charge in [0, 0.05) is 12.0 Å². The zero-order valence-electron chi connectivity index (χ0n) is 6.10. The second-order valence-electron chi connectivity index (χ2n) is 2.37. The lowest BCUT2D eigenvalue weighted by atomic mass is 10.1. The molecule has 0 aliphatic carbocycles. The smallest absolute Gasteiger partial charge is 0.226 e. The molecule has 0 spiro atoms. The molecule has 1 aromatic rings. The van der Waals surface area contributed by atoms with Crippen LogP contribution in [-0.2, 0) is 0 Å². The molecule has 0 aromatic carbocycles. The zero-order valence-corrected chi connectivity index (χ0v) is 6.85. The average molecular weight is 160 g/mol. The Balaban J connectivity index is 2.74. The highest BCUT2D eigenvalue weighted by atomic mass is 35.5. The van der Waals surface area contributed by atoms with Gasteiger partial charge >= 0.3 is 0 Å². The topological polar surface area (TPSA) is 26.0 Å². The van der Waals surface area contributed by atoms with Gasteiger partial charge in [-0.25, -0.2) is 0 Å². The van der Waals surface area contributed by atoms with Gasteiger partial charge < -0.3 is 4.52 Å². The number of rotatable bonds is 2. The van der Waals surface area contributed by atoms with Crippen molar-refractivity contribution in [3.63, 3.8) is 0 Å². The molecule has 3 heteroatoms. The van der Waals surface area contributed by atoms with Crippen molar-refractivity contribution in [2.75, 3.05) is 0 Å². The van der Waals surface area contributed by atoms with Crippen molar-refractivity contribution >= 4 is 11.6 Å². The highest BCUT2D eigenvalue weighted by Gasteiger charge is 2.07. The minimum absolute atomic E-state index is 0.371. The van der Waals surface area contributed by atoms with Crippen LogP contribution in [-0.4, -0.2) is 5.16 Å². The predicted molar refractivity (Wildman–Crippen MR) is 40.2 cm³/mol. The summed E-state index contributed by atoms with van der Waals surface area (Å²) in [6.45, 7) is 4.20. The van der Waals surface area contributed by atoms with Crippen molar-refractivity contribution in [3.8, 4) is 0 Å². The summed E-state index contributed by atoms with van der Waals surface area (Å²) in [6.07, 6.45) is 1.06. The summed E-state index contributed by atoms with van der Waals surface area (Å²) in [5, 5.41) is 4.15. The van der Waals surface area contributed by atoms with Crippen molar-refractivity contribution in [2.24, 2.45) is 0 Å². The molecule has 2 nitrogen and oxygen atoms in total. The summed E-state index contributed by atoms with van der Waals surface area (Å²) in [5.74, 6) is 0.441. The number of hydrogen-bond donors (Lipinski definition) is 0. The van der Waals surface area contributed by atoms with Crippen molar-refractivity contribution in [2.45, 2.75) is 26.2 Å². The van der Waals surface area contributed by atoms with Crippen molar-refractivity contribution < 1.29 is 4.52 Å². The SMILES string of the molecule is CCC(C)c1cc(Cl)on1. The Labute approximate surface area is 65.2 Å². The van der Waals surface area contributed by atoms with Crippen molar-refractivity contribution in [1.82, 2.24) is 5.16 Å². The molecule has 1 atom stereocenters. The van der Waals surface area contributed by atoms with E-state index in [1.807, 2.05) is 0 Å². The Morgan fingerprint density at radius 1 is 1.80 bits per heavy atom. The Morgan fingerprint density at radius 3 is 2.90 bits per heavy atom. The third kappa shape index (κ3) is 1.51. The molecule has 0 aliphatic rings. The van der Waals surface area contributed by atoms with E-state index in [-0.39, 0.29) is 0 Å². The molecule has 1 aromatic heterocycles. The normalized spacial score (nSPS) is 13.5. The fourth-order valence-electron chi connectivity index (χ4n) is 0.707. The van der Waals surface area contributed by atoms with Crippen LogP contribution in [0.4, 0.5) is 0 Å². The predicted octanol–water partition coefficient (Wildman–Crippen LogP) is 2.84. The molecule has 0 saturated heterocycles. The quantitative estimate of drug-likeness (QED) is 0.663. The molecule has 0 saturated carbocycles. The average Bonchev–Trinajstić information content (AvgIpc) is 2.34. The number of nitrogens with zero attached hydrogens (tertiary/aromatic N) is 1. The van der Waals surface area contributed by atoms with Gasteiger partial charge in [0.05, 0.1) is 5.69 Å². The summed E-state index contributed by atoms with van der Waals surface area (Å²) in [6, 6.07) is 1.76. The van der Waals surface area contributed by atoms with E-state index in [2.05, 4.69) is 19.0 Å². The van der Waals surface area contributed by atoms with Gasteiger partial charge in [-0.15, -0.1) is 0 Å². The second-order valence-corrected chi connectivity index (χ2v) is 2.74. The zero-order chi connectivity index (χ0) is 7.56. The molecule has 1 rings (SSSR count). The lowest BCUT2D eigenvalue weighted by Crippen LogP contribution is -1.89. The second kappa shape index (κ2) is 3.06. The van der Waals surface area contributed by atoms with Gasteiger partial charge in [0.1, 0.15) is 0 Å². The largest absolute Gasteiger partial charge is 0.344 e. The number of aromatic nitrogens is 1. The molecule has 1 unspecified atom stereocenters. The van der Waals surface area contributed by atoms with Gasteiger partial charge in [-0.1, -0.05) is 19.0 Å². The van der Waals surface area contributed by atoms with Crippen LogP contribution < -0.4 is 0 Å². The van der Waals surface area contributed by atoms with Crippen LogP contribution in [0.2, 0.25) is 5.22 Å². The van der Waals surface area contributed by atoms with Crippen LogP contribution in [0.25, 0.3) is 0 Å². The third-order valence-electron chi connectivity index (χ3n) is 1.62. The molecular weight excluding hydrogens is 150 g/mol.